The average molecular weight is 262 g/mol. The number of aryl methyl sites for hydroxylation is 1. The van der Waals surface area contributed by atoms with Crippen LogP contribution < -0.4 is 11.1 Å². The van der Waals surface area contributed by atoms with Gasteiger partial charge in [-0.25, -0.2) is 4.79 Å². The first-order chi connectivity index (χ1) is 8.99. The molecule has 0 saturated carbocycles. The lowest BCUT2D eigenvalue weighted by atomic mass is 10.1. The monoisotopic (exact) mass is 262 g/mol. The molecule has 19 heavy (non-hydrogen) atoms. The zero-order valence-corrected chi connectivity index (χ0v) is 10.5. The summed E-state index contributed by atoms with van der Waals surface area (Å²) in [7, 11) is 0. The highest BCUT2D eigenvalue weighted by Crippen LogP contribution is 2.25. The summed E-state index contributed by atoms with van der Waals surface area (Å²) in [6, 6.07) is 3.06. The second-order valence-corrected chi connectivity index (χ2v) is 4.20. The molecule has 2 rings (SSSR count). The Hall–Kier alpha value is -2.64. The Morgan fingerprint density at radius 2 is 2.26 bits per heavy atom. The molecule has 0 bridgehead atoms. The molecule has 8 nitrogen and oxygen atoms in total. The fourth-order valence-corrected chi connectivity index (χ4v) is 1.73. The van der Waals surface area contributed by atoms with Crippen molar-refractivity contribution in [2.75, 3.05) is 11.1 Å². The van der Waals surface area contributed by atoms with Crippen molar-refractivity contribution in [1.82, 2.24) is 20.6 Å². The highest BCUT2D eigenvalue weighted by atomic mass is 16.4. The van der Waals surface area contributed by atoms with E-state index in [4.69, 9.17) is 10.8 Å². The quantitative estimate of drug-likeness (QED) is 0.604. The number of aromatic carboxylic acids is 1. The fraction of sp³-hybridized carbons (Fsp3) is 0.273. The van der Waals surface area contributed by atoms with Crippen LogP contribution in [0.15, 0.2) is 12.1 Å². The van der Waals surface area contributed by atoms with Crippen molar-refractivity contribution in [3.63, 3.8) is 0 Å². The number of nitrogens with zero attached hydrogens (tertiary/aromatic N) is 3. The first-order valence-electron chi connectivity index (χ1n) is 5.62. The minimum absolute atomic E-state index is 0.0720. The van der Waals surface area contributed by atoms with Gasteiger partial charge in [-0.15, -0.1) is 10.2 Å². The number of carboxylic acid groups (broad SMARTS) is 1. The third kappa shape index (κ3) is 2.62. The van der Waals surface area contributed by atoms with Crippen LogP contribution in [-0.2, 0) is 0 Å². The number of hydrogen-bond acceptors (Lipinski definition) is 6. The molecule has 0 radical (unpaired) electrons. The lowest BCUT2D eigenvalue weighted by Gasteiger charge is -2.14. The van der Waals surface area contributed by atoms with Gasteiger partial charge in [-0.1, -0.05) is 5.21 Å². The van der Waals surface area contributed by atoms with E-state index in [1.165, 1.54) is 6.07 Å². The number of rotatable bonds is 4. The number of anilines is 2. The number of nitrogens with one attached hydrogen (secondary N) is 2. The molecule has 0 aliphatic carbocycles. The number of H-pyrrole nitrogens is 1. The molecule has 0 aliphatic rings. The molecule has 1 unspecified atom stereocenters. The molecular formula is C11H14N6O2. The van der Waals surface area contributed by atoms with Crippen LogP contribution in [-0.4, -0.2) is 31.7 Å². The lowest BCUT2D eigenvalue weighted by molar-refractivity contribution is 0.0698. The molecule has 1 atom stereocenters. The number of carboxylic acids is 1. The molecule has 0 spiro atoms. The summed E-state index contributed by atoms with van der Waals surface area (Å²) in [6.07, 6.45) is 0. The van der Waals surface area contributed by atoms with Crippen molar-refractivity contribution in [1.29, 1.82) is 0 Å². The summed E-state index contributed by atoms with van der Waals surface area (Å²) >= 11 is 0. The maximum absolute atomic E-state index is 11.1. The highest BCUT2D eigenvalue weighted by molar-refractivity contribution is 5.95. The zero-order valence-electron chi connectivity index (χ0n) is 10.5. The van der Waals surface area contributed by atoms with E-state index in [0.29, 0.717) is 17.1 Å². The topological polar surface area (TPSA) is 130 Å². The van der Waals surface area contributed by atoms with Gasteiger partial charge in [0.1, 0.15) is 0 Å². The predicted octanol–water partition coefficient (Wildman–Crippen LogP) is 0.962. The molecule has 0 saturated heterocycles. The van der Waals surface area contributed by atoms with Crippen LogP contribution in [0.2, 0.25) is 0 Å². The Bertz CT molecular complexity index is 595. The summed E-state index contributed by atoms with van der Waals surface area (Å²) < 4.78 is 0. The fourth-order valence-electron chi connectivity index (χ4n) is 1.73. The highest BCUT2D eigenvalue weighted by Gasteiger charge is 2.14. The van der Waals surface area contributed by atoms with E-state index >= 15 is 0 Å². The van der Waals surface area contributed by atoms with Crippen LogP contribution in [0.4, 0.5) is 11.4 Å². The number of aromatic amines is 1. The van der Waals surface area contributed by atoms with Gasteiger partial charge in [0.05, 0.1) is 11.6 Å². The van der Waals surface area contributed by atoms with Crippen LogP contribution in [0.1, 0.15) is 34.7 Å². The van der Waals surface area contributed by atoms with Crippen LogP contribution in [0.25, 0.3) is 0 Å². The SMILES string of the molecule is Cc1cc(NC(C)c2nn[nH]n2)cc(C(=O)O)c1N. The molecule has 100 valence electrons. The van der Waals surface area contributed by atoms with Gasteiger partial charge >= 0.3 is 5.97 Å². The van der Waals surface area contributed by atoms with Gasteiger partial charge in [-0.05, 0) is 31.5 Å². The van der Waals surface area contributed by atoms with Crippen molar-refractivity contribution in [3.8, 4) is 0 Å². The first kappa shape index (κ1) is 12.8. The molecule has 2 aromatic rings. The van der Waals surface area contributed by atoms with Crippen molar-refractivity contribution >= 4 is 17.3 Å². The first-order valence-corrected chi connectivity index (χ1v) is 5.62. The molecular weight excluding hydrogens is 248 g/mol. The smallest absolute Gasteiger partial charge is 0.337 e. The second-order valence-electron chi connectivity index (χ2n) is 4.20. The van der Waals surface area contributed by atoms with E-state index in [9.17, 15) is 4.79 Å². The zero-order chi connectivity index (χ0) is 14.0. The summed E-state index contributed by atoms with van der Waals surface area (Å²) in [5.41, 5.74) is 7.41. The van der Waals surface area contributed by atoms with Crippen molar-refractivity contribution < 1.29 is 9.90 Å². The Labute approximate surface area is 109 Å². The van der Waals surface area contributed by atoms with Crippen LogP contribution in [0.3, 0.4) is 0 Å². The van der Waals surface area contributed by atoms with Gasteiger partial charge < -0.3 is 16.2 Å². The van der Waals surface area contributed by atoms with E-state index in [-0.39, 0.29) is 17.3 Å². The van der Waals surface area contributed by atoms with Crippen LogP contribution >= 0.6 is 0 Å². The number of nitrogen functional groups attached to an aromatic ring is 1. The lowest BCUT2D eigenvalue weighted by Crippen LogP contribution is -2.11. The van der Waals surface area contributed by atoms with Crippen molar-refractivity contribution in [3.05, 3.63) is 29.1 Å². The molecule has 5 N–H and O–H groups in total. The molecule has 8 heteroatoms. The minimum atomic E-state index is -1.06. The second kappa shape index (κ2) is 4.92. The molecule has 0 fully saturated rings. The van der Waals surface area contributed by atoms with E-state index in [1.807, 2.05) is 6.92 Å². The Kier molecular flexibility index (Phi) is 3.32. The van der Waals surface area contributed by atoms with Gasteiger partial charge in [0.15, 0.2) is 5.82 Å². The molecule has 0 amide bonds. The standard InChI is InChI=1S/C11H14N6O2/c1-5-3-7(4-8(9(5)12)11(18)19)13-6(2)10-14-16-17-15-10/h3-4,6,13H,12H2,1-2H3,(H,18,19)(H,14,15,16,17). The third-order valence-electron chi connectivity index (χ3n) is 2.75. The van der Waals surface area contributed by atoms with E-state index in [0.717, 1.165) is 0 Å². The van der Waals surface area contributed by atoms with Crippen LogP contribution in [0.5, 0.6) is 0 Å². The number of nitrogens with two attached hydrogens (primary N) is 1. The number of hydrogen-bond donors (Lipinski definition) is 4. The maximum Gasteiger partial charge on any atom is 0.337 e. The summed E-state index contributed by atoms with van der Waals surface area (Å²) in [4.78, 5) is 11.1. The van der Waals surface area contributed by atoms with Gasteiger partial charge in [0.2, 0.25) is 0 Å². The Morgan fingerprint density at radius 1 is 1.53 bits per heavy atom. The van der Waals surface area contributed by atoms with Gasteiger partial charge in [-0.3, -0.25) is 0 Å². The predicted molar refractivity (Wildman–Crippen MR) is 68.8 cm³/mol. The normalized spacial score (nSPS) is 12.1. The summed E-state index contributed by atoms with van der Waals surface area (Å²) in [6.45, 7) is 3.60. The molecule has 1 aromatic carbocycles. The minimum Gasteiger partial charge on any atom is -0.478 e. The van der Waals surface area contributed by atoms with E-state index in [2.05, 4.69) is 25.9 Å². The van der Waals surface area contributed by atoms with E-state index < -0.39 is 5.97 Å². The van der Waals surface area contributed by atoms with Crippen molar-refractivity contribution in [2.45, 2.75) is 19.9 Å². The summed E-state index contributed by atoms with van der Waals surface area (Å²) in [5.74, 6) is -0.567. The maximum atomic E-state index is 11.1. The molecule has 0 aliphatic heterocycles. The van der Waals surface area contributed by atoms with Gasteiger partial charge in [-0.2, -0.15) is 5.21 Å². The molecule has 1 aromatic heterocycles. The number of tetrazole rings is 1. The van der Waals surface area contributed by atoms with Crippen LogP contribution in [0, 0.1) is 6.92 Å². The average Bonchev–Trinajstić information content (AvgIpc) is 2.86. The third-order valence-corrected chi connectivity index (χ3v) is 2.75. The number of aromatic nitrogens is 4. The van der Waals surface area contributed by atoms with Crippen molar-refractivity contribution in [2.24, 2.45) is 0 Å². The van der Waals surface area contributed by atoms with Gasteiger partial charge in [0.25, 0.3) is 0 Å². The largest absolute Gasteiger partial charge is 0.478 e. The Balaban J connectivity index is 2.28. The molecule has 1 heterocycles. The summed E-state index contributed by atoms with van der Waals surface area (Å²) in [5, 5.41) is 25.7. The van der Waals surface area contributed by atoms with E-state index in [1.54, 1.807) is 13.0 Å². The Morgan fingerprint density at radius 3 is 2.84 bits per heavy atom. The number of benzene rings is 1. The number of carbonyl (C=O) groups is 1. The van der Waals surface area contributed by atoms with Gasteiger partial charge in [0, 0.05) is 11.4 Å².